The number of hydrogen-bond acceptors (Lipinski definition) is 5. The van der Waals surface area contributed by atoms with Crippen LogP contribution in [0.15, 0.2) is 71.6 Å². The fraction of sp³-hybridized carbons (Fsp3) is 0.379. The van der Waals surface area contributed by atoms with E-state index in [4.69, 9.17) is 14.2 Å². The van der Waals surface area contributed by atoms with E-state index in [1.165, 1.54) is 11.1 Å². The van der Waals surface area contributed by atoms with Crippen molar-refractivity contribution in [3.8, 4) is 17.2 Å². The Morgan fingerprint density at radius 1 is 0.889 bits per heavy atom. The molecule has 0 N–H and O–H groups in total. The minimum Gasteiger partial charge on any atom is -0.493 e. The van der Waals surface area contributed by atoms with Crippen LogP contribution in [0.3, 0.4) is 0 Å². The molecule has 0 aliphatic carbocycles. The third-order valence-corrected chi connectivity index (χ3v) is 9.90. The maximum absolute atomic E-state index is 13.8. The molecular formula is C29H31NO5S. The standard InChI is InChI=1S/C29H31NO5S/c1-19-3-7-21(8-4-19)25-15-22-9-13-27(30(22)36(31,32)24-11-5-20(2)6-12-24)26(25)17-33-23-10-14-28-29(16-23)35-18-34-28/h3-8,10-12,14,16,22,25-27H,9,13,15,17-18H2,1-2H3/t22-,25+,26-,27+/m0/s1. The summed E-state index contributed by atoms with van der Waals surface area (Å²) in [5.74, 6) is 2.34. The Hall–Kier alpha value is -3.03. The number of nitrogens with zero attached hydrogens (tertiary/aromatic N) is 1. The van der Waals surface area contributed by atoms with Gasteiger partial charge >= 0.3 is 0 Å². The molecule has 0 unspecified atom stereocenters. The summed E-state index contributed by atoms with van der Waals surface area (Å²) in [6, 6.07) is 21.3. The summed E-state index contributed by atoms with van der Waals surface area (Å²) in [4.78, 5) is 0.370. The molecule has 3 aliphatic rings. The Morgan fingerprint density at radius 3 is 2.33 bits per heavy atom. The summed E-state index contributed by atoms with van der Waals surface area (Å²) in [7, 11) is -3.61. The smallest absolute Gasteiger partial charge is 0.243 e. The molecule has 4 atom stereocenters. The SMILES string of the molecule is Cc1ccc([C@H]2C[C@@H]3CC[C@H]([C@H]2COc2ccc4c(c2)OCO4)N3S(=O)(=O)c2ccc(C)cc2)cc1. The van der Waals surface area contributed by atoms with Gasteiger partial charge in [0.05, 0.1) is 11.5 Å². The van der Waals surface area contributed by atoms with Gasteiger partial charge in [0, 0.05) is 24.1 Å². The van der Waals surface area contributed by atoms with Crippen molar-refractivity contribution in [1.82, 2.24) is 4.31 Å². The maximum atomic E-state index is 13.8. The lowest BCUT2D eigenvalue weighted by atomic mass is 9.77. The molecule has 2 bridgehead atoms. The van der Waals surface area contributed by atoms with Crippen LogP contribution in [0.5, 0.6) is 17.2 Å². The monoisotopic (exact) mass is 505 g/mol. The number of ether oxygens (including phenoxy) is 3. The van der Waals surface area contributed by atoms with Gasteiger partial charge in [-0.25, -0.2) is 8.42 Å². The molecule has 7 heteroatoms. The van der Waals surface area contributed by atoms with E-state index in [9.17, 15) is 8.42 Å². The lowest BCUT2D eigenvalue weighted by molar-refractivity contribution is 0.103. The van der Waals surface area contributed by atoms with Crippen molar-refractivity contribution in [3.63, 3.8) is 0 Å². The first-order valence-electron chi connectivity index (χ1n) is 12.6. The molecule has 188 valence electrons. The topological polar surface area (TPSA) is 65.1 Å². The van der Waals surface area contributed by atoms with Crippen molar-refractivity contribution in [2.45, 2.75) is 56.0 Å². The molecule has 3 aliphatic heterocycles. The molecule has 0 spiro atoms. The van der Waals surface area contributed by atoms with Gasteiger partial charge < -0.3 is 14.2 Å². The van der Waals surface area contributed by atoms with E-state index in [2.05, 4.69) is 31.2 Å². The molecule has 2 fully saturated rings. The normalized spacial score (nSPS) is 25.2. The molecule has 6 nitrogen and oxygen atoms in total. The van der Waals surface area contributed by atoms with Crippen LogP contribution in [0.4, 0.5) is 0 Å². The highest BCUT2D eigenvalue weighted by molar-refractivity contribution is 7.89. The number of hydrogen-bond donors (Lipinski definition) is 0. The van der Waals surface area contributed by atoms with E-state index in [1.807, 2.05) is 37.3 Å². The molecule has 0 aromatic heterocycles. The van der Waals surface area contributed by atoms with E-state index in [-0.39, 0.29) is 30.7 Å². The van der Waals surface area contributed by atoms with Crippen molar-refractivity contribution >= 4 is 10.0 Å². The fourth-order valence-corrected chi connectivity index (χ4v) is 7.96. The zero-order chi connectivity index (χ0) is 24.9. The number of sulfonamides is 1. The highest BCUT2D eigenvalue weighted by Gasteiger charge is 2.52. The molecule has 0 saturated carbocycles. The molecular weight excluding hydrogens is 474 g/mol. The van der Waals surface area contributed by atoms with Crippen LogP contribution in [-0.2, 0) is 10.0 Å². The van der Waals surface area contributed by atoms with Crippen LogP contribution in [0, 0.1) is 19.8 Å². The van der Waals surface area contributed by atoms with Gasteiger partial charge in [-0.15, -0.1) is 0 Å². The van der Waals surface area contributed by atoms with Crippen molar-refractivity contribution in [2.75, 3.05) is 13.4 Å². The summed E-state index contributed by atoms with van der Waals surface area (Å²) in [6.45, 7) is 4.70. The Labute approximate surface area is 212 Å². The number of fused-ring (bicyclic) bond motifs is 3. The fourth-order valence-electron chi connectivity index (χ4n) is 6.04. The van der Waals surface area contributed by atoms with Crippen molar-refractivity contribution in [2.24, 2.45) is 5.92 Å². The van der Waals surface area contributed by atoms with Crippen LogP contribution in [0.25, 0.3) is 0 Å². The Balaban J connectivity index is 1.32. The van der Waals surface area contributed by atoms with Gasteiger partial charge in [0.1, 0.15) is 5.75 Å². The summed E-state index contributed by atoms with van der Waals surface area (Å²) >= 11 is 0. The zero-order valence-corrected chi connectivity index (χ0v) is 21.4. The third-order valence-electron chi connectivity index (χ3n) is 7.91. The van der Waals surface area contributed by atoms with Crippen LogP contribution in [0.1, 0.15) is 41.9 Å². The third kappa shape index (κ3) is 4.14. The van der Waals surface area contributed by atoms with Crippen molar-refractivity contribution < 1.29 is 22.6 Å². The molecule has 36 heavy (non-hydrogen) atoms. The first kappa shape index (κ1) is 23.4. The van der Waals surface area contributed by atoms with E-state index < -0.39 is 10.0 Å². The molecule has 3 heterocycles. The minimum atomic E-state index is -3.61. The number of piperidine rings is 1. The number of benzene rings is 3. The summed E-state index contributed by atoms with van der Waals surface area (Å²) < 4.78 is 46.8. The second-order valence-electron chi connectivity index (χ2n) is 10.2. The average Bonchev–Trinajstić information content (AvgIpc) is 3.48. The average molecular weight is 506 g/mol. The van der Waals surface area contributed by atoms with E-state index in [1.54, 1.807) is 16.4 Å². The lowest BCUT2D eigenvalue weighted by Gasteiger charge is -2.44. The van der Waals surface area contributed by atoms with E-state index >= 15 is 0 Å². The molecule has 2 saturated heterocycles. The van der Waals surface area contributed by atoms with Gasteiger partial charge in [0.25, 0.3) is 0 Å². The number of aryl methyl sites for hydroxylation is 2. The van der Waals surface area contributed by atoms with Gasteiger partial charge in [0.15, 0.2) is 11.5 Å². The van der Waals surface area contributed by atoms with Gasteiger partial charge in [-0.3, -0.25) is 0 Å². The summed E-state index contributed by atoms with van der Waals surface area (Å²) in [6.07, 6.45) is 2.51. The van der Waals surface area contributed by atoms with Crippen LogP contribution < -0.4 is 14.2 Å². The molecule has 0 amide bonds. The quantitative estimate of drug-likeness (QED) is 0.447. The van der Waals surface area contributed by atoms with Gasteiger partial charge in [0.2, 0.25) is 16.8 Å². The van der Waals surface area contributed by atoms with Gasteiger partial charge in [-0.2, -0.15) is 4.31 Å². The van der Waals surface area contributed by atoms with Crippen molar-refractivity contribution in [3.05, 3.63) is 83.4 Å². The van der Waals surface area contributed by atoms with Gasteiger partial charge in [-0.1, -0.05) is 47.5 Å². The Bertz CT molecular complexity index is 1350. The zero-order valence-electron chi connectivity index (χ0n) is 20.6. The highest BCUT2D eigenvalue weighted by Crippen LogP contribution is 2.49. The van der Waals surface area contributed by atoms with E-state index in [0.29, 0.717) is 28.8 Å². The minimum absolute atomic E-state index is 0.00519. The van der Waals surface area contributed by atoms with E-state index in [0.717, 1.165) is 24.8 Å². The maximum Gasteiger partial charge on any atom is 0.243 e. The van der Waals surface area contributed by atoms with Crippen LogP contribution in [0.2, 0.25) is 0 Å². The Kier molecular flexibility index (Phi) is 5.92. The molecule has 0 radical (unpaired) electrons. The second kappa shape index (κ2) is 9.12. The van der Waals surface area contributed by atoms with Crippen LogP contribution in [-0.4, -0.2) is 38.2 Å². The largest absolute Gasteiger partial charge is 0.493 e. The highest BCUT2D eigenvalue weighted by atomic mass is 32.2. The first-order chi connectivity index (χ1) is 17.4. The molecule has 3 aromatic carbocycles. The lowest BCUT2D eigenvalue weighted by Crippen LogP contribution is -2.52. The summed E-state index contributed by atoms with van der Waals surface area (Å²) in [5, 5.41) is 0. The molecule has 6 rings (SSSR count). The Morgan fingerprint density at radius 2 is 1.58 bits per heavy atom. The molecule has 3 aromatic rings. The predicted molar refractivity (Wildman–Crippen MR) is 137 cm³/mol. The van der Waals surface area contributed by atoms with Gasteiger partial charge in [-0.05, 0) is 68.9 Å². The number of rotatable bonds is 6. The predicted octanol–water partition coefficient (Wildman–Crippen LogP) is 5.44. The summed E-state index contributed by atoms with van der Waals surface area (Å²) in [5.41, 5.74) is 3.52. The van der Waals surface area contributed by atoms with Crippen LogP contribution >= 0.6 is 0 Å². The first-order valence-corrected chi connectivity index (χ1v) is 14.0. The van der Waals surface area contributed by atoms with Crippen molar-refractivity contribution in [1.29, 1.82) is 0 Å². The second-order valence-corrected chi connectivity index (χ2v) is 12.0.